The fourth-order valence-electron chi connectivity index (χ4n) is 2.97. The Morgan fingerprint density at radius 3 is 2.64 bits per heavy atom. The van der Waals surface area contributed by atoms with Gasteiger partial charge >= 0.3 is 5.97 Å². The standard InChI is InChI=1S/C20H22N2O3/c1-15-7-5-6-10-17(15)21-19(23)13-18-20(24)25-12-11-22(18)14-16-8-3-2-4-9-16/h2-10,18H,11-14H2,1H3,(H,21,23)/t18-/m0/s1. The lowest BCUT2D eigenvalue weighted by atomic mass is 10.1. The van der Waals surface area contributed by atoms with Crippen LogP contribution in [-0.4, -0.2) is 36.0 Å². The molecule has 5 heteroatoms. The molecule has 1 atom stereocenters. The third-order valence-corrected chi connectivity index (χ3v) is 4.36. The Kier molecular flexibility index (Phi) is 5.46. The summed E-state index contributed by atoms with van der Waals surface area (Å²) in [6.07, 6.45) is 0.0833. The number of hydrogen-bond acceptors (Lipinski definition) is 4. The molecule has 0 aromatic heterocycles. The highest BCUT2D eigenvalue weighted by Gasteiger charge is 2.33. The minimum absolute atomic E-state index is 0.0833. The van der Waals surface area contributed by atoms with Crippen molar-refractivity contribution >= 4 is 17.6 Å². The maximum atomic E-state index is 12.4. The van der Waals surface area contributed by atoms with Gasteiger partial charge in [0.2, 0.25) is 5.91 Å². The van der Waals surface area contributed by atoms with Crippen LogP contribution in [0.25, 0.3) is 0 Å². The van der Waals surface area contributed by atoms with Crippen molar-refractivity contribution in [2.45, 2.75) is 25.9 Å². The summed E-state index contributed by atoms with van der Waals surface area (Å²) in [5, 5.41) is 2.89. The van der Waals surface area contributed by atoms with Crippen molar-refractivity contribution in [2.24, 2.45) is 0 Å². The van der Waals surface area contributed by atoms with Gasteiger partial charge in [-0.05, 0) is 24.1 Å². The number of esters is 1. The zero-order chi connectivity index (χ0) is 17.6. The zero-order valence-electron chi connectivity index (χ0n) is 14.3. The summed E-state index contributed by atoms with van der Waals surface area (Å²) in [7, 11) is 0. The lowest BCUT2D eigenvalue weighted by molar-refractivity contribution is -0.159. The minimum atomic E-state index is -0.557. The van der Waals surface area contributed by atoms with Crippen LogP contribution in [0.3, 0.4) is 0 Å². The van der Waals surface area contributed by atoms with Crippen molar-refractivity contribution in [3.63, 3.8) is 0 Å². The highest BCUT2D eigenvalue weighted by Crippen LogP contribution is 2.18. The molecule has 2 aromatic rings. The quantitative estimate of drug-likeness (QED) is 0.852. The summed E-state index contributed by atoms with van der Waals surface area (Å²) in [6.45, 7) is 3.55. The average Bonchev–Trinajstić information content (AvgIpc) is 2.61. The number of nitrogens with one attached hydrogen (secondary N) is 1. The zero-order valence-corrected chi connectivity index (χ0v) is 14.3. The second-order valence-electron chi connectivity index (χ2n) is 6.21. The number of aryl methyl sites for hydroxylation is 1. The molecule has 1 fully saturated rings. The van der Waals surface area contributed by atoms with E-state index in [2.05, 4.69) is 5.32 Å². The van der Waals surface area contributed by atoms with E-state index in [1.54, 1.807) is 0 Å². The van der Waals surface area contributed by atoms with Crippen molar-refractivity contribution in [3.05, 3.63) is 65.7 Å². The van der Waals surface area contributed by atoms with E-state index in [1.807, 2.05) is 66.4 Å². The molecule has 3 rings (SSSR count). The highest BCUT2D eigenvalue weighted by molar-refractivity contribution is 5.95. The Bertz CT molecular complexity index is 746. The molecule has 1 saturated heterocycles. The van der Waals surface area contributed by atoms with Gasteiger partial charge < -0.3 is 10.1 Å². The number of rotatable bonds is 5. The fraction of sp³-hybridized carbons (Fsp3) is 0.300. The smallest absolute Gasteiger partial charge is 0.323 e. The molecular weight excluding hydrogens is 316 g/mol. The summed E-state index contributed by atoms with van der Waals surface area (Å²) < 4.78 is 5.17. The van der Waals surface area contributed by atoms with E-state index in [0.29, 0.717) is 19.7 Å². The Balaban J connectivity index is 1.67. The molecule has 0 saturated carbocycles. The van der Waals surface area contributed by atoms with Crippen molar-refractivity contribution < 1.29 is 14.3 Å². The number of hydrogen-bond donors (Lipinski definition) is 1. The summed E-state index contributed by atoms with van der Waals surface area (Å²) in [4.78, 5) is 26.6. The molecule has 1 aliphatic heterocycles. The third-order valence-electron chi connectivity index (χ3n) is 4.36. The molecule has 1 amide bonds. The Morgan fingerprint density at radius 1 is 1.16 bits per heavy atom. The first-order valence-corrected chi connectivity index (χ1v) is 8.43. The van der Waals surface area contributed by atoms with Gasteiger partial charge in [0.05, 0.1) is 6.42 Å². The number of anilines is 1. The van der Waals surface area contributed by atoms with Gasteiger partial charge in [0, 0.05) is 18.8 Å². The lowest BCUT2D eigenvalue weighted by Gasteiger charge is -2.33. The van der Waals surface area contributed by atoms with Crippen molar-refractivity contribution in [3.8, 4) is 0 Å². The highest BCUT2D eigenvalue weighted by atomic mass is 16.5. The van der Waals surface area contributed by atoms with E-state index in [-0.39, 0.29) is 18.3 Å². The predicted molar refractivity (Wildman–Crippen MR) is 96.0 cm³/mol. The predicted octanol–water partition coefficient (Wildman–Crippen LogP) is 2.75. The van der Waals surface area contributed by atoms with Gasteiger partial charge in [-0.2, -0.15) is 0 Å². The first-order valence-electron chi connectivity index (χ1n) is 8.43. The summed E-state index contributed by atoms with van der Waals surface area (Å²) in [5.74, 6) is -0.515. The summed E-state index contributed by atoms with van der Waals surface area (Å²) >= 11 is 0. The van der Waals surface area contributed by atoms with Crippen LogP contribution in [0.2, 0.25) is 0 Å². The molecule has 130 valence electrons. The fourth-order valence-corrected chi connectivity index (χ4v) is 2.97. The maximum Gasteiger partial charge on any atom is 0.323 e. The number of carbonyl (C=O) groups excluding carboxylic acids is 2. The molecule has 5 nitrogen and oxygen atoms in total. The average molecular weight is 338 g/mol. The number of para-hydroxylation sites is 1. The van der Waals surface area contributed by atoms with Crippen LogP contribution in [0.5, 0.6) is 0 Å². The van der Waals surface area contributed by atoms with Gasteiger partial charge in [-0.1, -0.05) is 48.5 Å². The first-order chi connectivity index (χ1) is 12.1. The number of cyclic esters (lactones) is 1. The topological polar surface area (TPSA) is 58.6 Å². The molecule has 25 heavy (non-hydrogen) atoms. The molecule has 0 radical (unpaired) electrons. The Labute approximate surface area is 147 Å². The number of benzene rings is 2. The van der Waals surface area contributed by atoms with Gasteiger partial charge in [-0.25, -0.2) is 0 Å². The molecule has 0 spiro atoms. The van der Waals surface area contributed by atoms with Gasteiger partial charge in [-0.15, -0.1) is 0 Å². The summed E-state index contributed by atoms with van der Waals surface area (Å²) in [6, 6.07) is 17.0. The third kappa shape index (κ3) is 4.45. The van der Waals surface area contributed by atoms with Crippen LogP contribution < -0.4 is 5.32 Å². The molecule has 0 unspecified atom stereocenters. The second-order valence-corrected chi connectivity index (χ2v) is 6.21. The molecule has 0 aliphatic carbocycles. The van der Waals surface area contributed by atoms with Crippen LogP contribution in [-0.2, 0) is 20.9 Å². The van der Waals surface area contributed by atoms with Crippen LogP contribution in [0.15, 0.2) is 54.6 Å². The SMILES string of the molecule is Cc1ccccc1NC(=O)C[C@H]1C(=O)OCCN1Cc1ccccc1. The lowest BCUT2D eigenvalue weighted by Crippen LogP contribution is -2.49. The molecular formula is C20H22N2O3. The monoisotopic (exact) mass is 338 g/mol. The van der Waals surface area contributed by atoms with E-state index in [0.717, 1.165) is 16.8 Å². The Hall–Kier alpha value is -2.66. The molecule has 2 aromatic carbocycles. The normalized spacial score (nSPS) is 17.8. The van der Waals surface area contributed by atoms with E-state index in [1.165, 1.54) is 0 Å². The molecule has 1 N–H and O–H groups in total. The molecule has 1 heterocycles. The van der Waals surface area contributed by atoms with E-state index in [4.69, 9.17) is 4.74 Å². The largest absolute Gasteiger partial charge is 0.463 e. The van der Waals surface area contributed by atoms with Gasteiger partial charge in [0.15, 0.2) is 0 Å². The van der Waals surface area contributed by atoms with Gasteiger partial charge in [0.1, 0.15) is 12.6 Å². The van der Waals surface area contributed by atoms with Crippen molar-refractivity contribution in [2.75, 3.05) is 18.5 Å². The van der Waals surface area contributed by atoms with Gasteiger partial charge in [-0.3, -0.25) is 14.5 Å². The summed E-state index contributed by atoms with van der Waals surface area (Å²) in [5.41, 5.74) is 2.87. The van der Waals surface area contributed by atoms with E-state index < -0.39 is 6.04 Å². The minimum Gasteiger partial charge on any atom is -0.463 e. The number of morpholine rings is 1. The van der Waals surface area contributed by atoms with Crippen LogP contribution in [0.4, 0.5) is 5.69 Å². The van der Waals surface area contributed by atoms with Crippen LogP contribution in [0.1, 0.15) is 17.5 Å². The van der Waals surface area contributed by atoms with Crippen LogP contribution >= 0.6 is 0 Å². The second kappa shape index (κ2) is 7.94. The van der Waals surface area contributed by atoms with Crippen molar-refractivity contribution in [1.82, 2.24) is 4.90 Å². The van der Waals surface area contributed by atoms with Gasteiger partial charge in [0.25, 0.3) is 0 Å². The maximum absolute atomic E-state index is 12.4. The molecule has 0 bridgehead atoms. The number of amides is 1. The number of carbonyl (C=O) groups is 2. The van der Waals surface area contributed by atoms with E-state index in [9.17, 15) is 9.59 Å². The van der Waals surface area contributed by atoms with E-state index >= 15 is 0 Å². The van der Waals surface area contributed by atoms with Crippen molar-refractivity contribution in [1.29, 1.82) is 0 Å². The number of nitrogens with zero attached hydrogens (tertiary/aromatic N) is 1. The first kappa shape index (κ1) is 17.2. The van der Waals surface area contributed by atoms with Crippen LogP contribution in [0, 0.1) is 6.92 Å². The Morgan fingerprint density at radius 2 is 1.88 bits per heavy atom. The number of ether oxygens (including phenoxy) is 1. The molecule has 1 aliphatic rings.